The first-order valence-electron chi connectivity index (χ1n) is 9.89. The van der Waals surface area contributed by atoms with Gasteiger partial charge in [0.1, 0.15) is 0 Å². The molecule has 0 bridgehead atoms. The van der Waals surface area contributed by atoms with E-state index in [-0.39, 0.29) is 29.9 Å². The highest BCUT2D eigenvalue weighted by Gasteiger charge is 2.20. The lowest BCUT2D eigenvalue weighted by Gasteiger charge is -2.36. The number of carbonyl (C=O) groups is 1. The summed E-state index contributed by atoms with van der Waals surface area (Å²) in [6.45, 7) is 13.1. The van der Waals surface area contributed by atoms with E-state index >= 15 is 0 Å². The number of halogens is 1. The Hall–Kier alpha value is -1.31. The van der Waals surface area contributed by atoms with E-state index in [0.717, 1.165) is 58.1 Å². The van der Waals surface area contributed by atoms with Crippen LogP contribution in [-0.4, -0.2) is 60.9 Å². The Kier molecular flexibility index (Phi) is 10.7. The fourth-order valence-electron chi connectivity index (χ4n) is 3.20. The SMILES string of the molecule is CCNC(=NCCCc1ccc(C(C)C)cc1)N1CCN(C(C)=O)CC1.I. The Morgan fingerprint density at radius 2 is 1.70 bits per heavy atom. The number of nitrogens with zero attached hydrogens (tertiary/aromatic N) is 3. The molecule has 0 aromatic heterocycles. The summed E-state index contributed by atoms with van der Waals surface area (Å²) in [5, 5.41) is 3.39. The number of hydrogen-bond donors (Lipinski definition) is 1. The summed E-state index contributed by atoms with van der Waals surface area (Å²) in [5.74, 6) is 1.72. The van der Waals surface area contributed by atoms with Gasteiger partial charge in [-0.2, -0.15) is 0 Å². The van der Waals surface area contributed by atoms with Crippen LogP contribution in [0.3, 0.4) is 0 Å². The van der Waals surface area contributed by atoms with Crippen LogP contribution in [0.1, 0.15) is 51.2 Å². The van der Waals surface area contributed by atoms with Crippen molar-refractivity contribution in [1.29, 1.82) is 0 Å². The second-order valence-electron chi connectivity index (χ2n) is 7.23. The first-order valence-corrected chi connectivity index (χ1v) is 9.89. The van der Waals surface area contributed by atoms with Gasteiger partial charge in [-0.3, -0.25) is 9.79 Å². The molecule has 1 aliphatic rings. The number of carbonyl (C=O) groups excluding carboxylic acids is 1. The van der Waals surface area contributed by atoms with E-state index in [0.29, 0.717) is 5.92 Å². The zero-order chi connectivity index (χ0) is 18.9. The number of hydrogen-bond acceptors (Lipinski definition) is 2. The van der Waals surface area contributed by atoms with Gasteiger partial charge in [0.25, 0.3) is 0 Å². The van der Waals surface area contributed by atoms with E-state index < -0.39 is 0 Å². The average Bonchev–Trinajstić information content (AvgIpc) is 2.64. The van der Waals surface area contributed by atoms with Crippen molar-refractivity contribution in [2.75, 3.05) is 39.3 Å². The Labute approximate surface area is 181 Å². The molecule has 5 nitrogen and oxygen atoms in total. The molecule has 0 unspecified atom stereocenters. The Bertz CT molecular complexity index is 593. The smallest absolute Gasteiger partial charge is 0.219 e. The third-order valence-electron chi connectivity index (χ3n) is 4.89. The van der Waals surface area contributed by atoms with Crippen molar-refractivity contribution in [2.45, 2.75) is 46.5 Å². The molecule has 27 heavy (non-hydrogen) atoms. The normalized spacial score (nSPS) is 14.9. The van der Waals surface area contributed by atoms with Gasteiger partial charge in [-0.05, 0) is 36.8 Å². The molecule has 1 heterocycles. The highest BCUT2D eigenvalue weighted by atomic mass is 127. The lowest BCUT2D eigenvalue weighted by Crippen LogP contribution is -2.53. The number of piperazine rings is 1. The maximum atomic E-state index is 11.5. The maximum absolute atomic E-state index is 11.5. The fraction of sp³-hybridized carbons (Fsp3) is 0.619. The number of benzene rings is 1. The number of amides is 1. The van der Waals surface area contributed by atoms with Crippen molar-refractivity contribution in [3.05, 3.63) is 35.4 Å². The minimum absolute atomic E-state index is 0. The minimum atomic E-state index is 0. The Morgan fingerprint density at radius 1 is 1.11 bits per heavy atom. The molecule has 1 aromatic carbocycles. The molecule has 0 spiro atoms. The van der Waals surface area contributed by atoms with Crippen LogP contribution in [0.2, 0.25) is 0 Å². The van der Waals surface area contributed by atoms with Gasteiger partial charge in [0, 0.05) is 46.2 Å². The maximum Gasteiger partial charge on any atom is 0.219 e. The van der Waals surface area contributed by atoms with Crippen LogP contribution in [0.15, 0.2) is 29.3 Å². The van der Waals surface area contributed by atoms with Gasteiger partial charge in [-0.1, -0.05) is 38.1 Å². The third-order valence-corrected chi connectivity index (χ3v) is 4.89. The van der Waals surface area contributed by atoms with E-state index in [1.807, 2.05) is 4.90 Å². The quantitative estimate of drug-likeness (QED) is 0.290. The zero-order valence-electron chi connectivity index (χ0n) is 17.2. The van der Waals surface area contributed by atoms with Gasteiger partial charge in [-0.15, -0.1) is 24.0 Å². The number of guanidine groups is 1. The van der Waals surface area contributed by atoms with E-state index in [2.05, 4.69) is 55.3 Å². The second kappa shape index (κ2) is 12.2. The van der Waals surface area contributed by atoms with Crippen molar-refractivity contribution < 1.29 is 4.79 Å². The van der Waals surface area contributed by atoms with Crippen LogP contribution in [-0.2, 0) is 11.2 Å². The van der Waals surface area contributed by atoms with Gasteiger partial charge in [0.2, 0.25) is 5.91 Å². The Balaban J connectivity index is 0.00000364. The zero-order valence-corrected chi connectivity index (χ0v) is 19.5. The molecule has 152 valence electrons. The lowest BCUT2D eigenvalue weighted by atomic mass is 10.0. The third kappa shape index (κ3) is 7.68. The summed E-state index contributed by atoms with van der Waals surface area (Å²) >= 11 is 0. The summed E-state index contributed by atoms with van der Waals surface area (Å²) in [6, 6.07) is 8.96. The molecule has 1 aromatic rings. The van der Waals surface area contributed by atoms with Crippen molar-refractivity contribution in [2.24, 2.45) is 4.99 Å². The van der Waals surface area contributed by atoms with Gasteiger partial charge in [-0.25, -0.2) is 0 Å². The van der Waals surface area contributed by atoms with Gasteiger partial charge in [0.15, 0.2) is 5.96 Å². The number of aryl methyl sites for hydroxylation is 1. The molecule has 0 atom stereocenters. The van der Waals surface area contributed by atoms with Gasteiger partial charge >= 0.3 is 0 Å². The summed E-state index contributed by atoms with van der Waals surface area (Å²) in [7, 11) is 0. The fourth-order valence-corrected chi connectivity index (χ4v) is 3.20. The molecule has 0 saturated carbocycles. The first kappa shape index (κ1) is 23.7. The largest absolute Gasteiger partial charge is 0.357 e. The molecular formula is C21H35IN4O. The van der Waals surface area contributed by atoms with Crippen LogP contribution in [0.25, 0.3) is 0 Å². The average molecular weight is 486 g/mol. The second-order valence-corrected chi connectivity index (χ2v) is 7.23. The lowest BCUT2D eigenvalue weighted by molar-refractivity contribution is -0.130. The van der Waals surface area contributed by atoms with Crippen molar-refractivity contribution in [1.82, 2.24) is 15.1 Å². The van der Waals surface area contributed by atoms with E-state index in [9.17, 15) is 4.79 Å². The molecule has 1 aliphatic heterocycles. The van der Waals surface area contributed by atoms with Crippen LogP contribution in [0.5, 0.6) is 0 Å². The van der Waals surface area contributed by atoms with Crippen molar-refractivity contribution in [3.8, 4) is 0 Å². The topological polar surface area (TPSA) is 47.9 Å². The molecular weight excluding hydrogens is 451 g/mol. The van der Waals surface area contributed by atoms with E-state index in [1.54, 1.807) is 6.92 Å². The minimum Gasteiger partial charge on any atom is -0.357 e. The molecule has 1 N–H and O–H groups in total. The molecule has 1 amide bonds. The van der Waals surface area contributed by atoms with Gasteiger partial charge in [0.05, 0.1) is 0 Å². The van der Waals surface area contributed by atoms with Crippen LogP contribution < -0.4 is 5.32 Å². The molecule has 0 radical (unpaired) electrons. The highest BCUT2D eigenvalue weighted by molar-refractivity contribution is 14.0. The monoisotopic (exact) mass is 486 g/mol. The molecule has 1 saturated heterocycles. The Morgan fingerprint density at radius 3 is 2.22 bits per heavy atom. The standard InChI is InChI=1S/C21H34N4O.HI/c1-5-22-21(25-15-13-24(14-16-25)18(4)26)23-12-6-7-19-8-10-20(11-9-19)17(2)3;/h8-11,17H,5-7,12-16H2,1-4H3,(H,22,23);1H. The van der Waals surface area contributed by atoms with E-state index in [4.69, 9.17) is 4.99 Å². The molecule has 1 fully saturated rings. The summed E-state index contributed by atoms with van der Waals surface area (Å²) in [5.41, 5.74) is 2.77. The van der Waals surface area contributed by atoms with Gasteiger partial charge < -0.3 is 15.1 Å². The molecule has 2 rings (SSSR count). The van der Waals surface area contributed by atoms with Crippen LogP contribution >= 0.6 is 24.0 Å². The predicted octanol–water partition coefficient (Wildman–Crippen LogP) is 3.49. The summed E-state index contributed by atoms with van der Waals surface area (Å²) in [6.07, 6.45) is 2.10. The highest BCUT2D eigenvalue weighted by Crippen LogP contribution is 2.15. The summed E-state index contributed by atoms with van der Waals surface area (Å²) in [4.78, 5) is 20.4. The predicted molar refractivity (Wildman–Crippen MR) is 124 cm³/mol. The molecule has 6 heteroatoms. The first-order chi connectivity index (χ1) is 12.5. The van der Waals surface area contributed by atoms with Crippen molar-refractivity contribution in [3.63, 3.8) is 0 Å². The van der Waals surface area contributed by atoms with Crippen molar-refractivity contribution >= 4 is 35.8 Å². The van der Waals surface area contributed by atoms with E-state index in [1.165, 1.54) is 11.1 Å². The molecule has 0 aliphatic carbocycles. The number of rotatable bonds is 6. The number of nitrogens with one attached hydrogen (secondary N) is 1. The van der Waals surface area contributed by atoms with Crippen LogP contribution in [0, 0.1) is 0 Å². The van der Waals surface area contributed by atoms with Crippen LogP contribution in [0.4, 0.5) is 0 Å². The summed E-state index contributed by atoms with van der Waals surface area (Å²) < 4.78 is 0. The number of aliphatic imine (C=N–C) groups is 1.